The minimum absolute atomic E-state index is 0.0920. The van der Waals surface area contributed by atoms with Crippen molar-refractivity contribution in [2.45, 2.75) is 26.4 Å². The monoisotopic (exact) mass is 434 g/mol. The summed E-state index contributed by atoms with van der Waals surface area (Å²) in [4.78, 5) is 17.1. The predicted octanol–water partition coefficient (Wildman–Crippen LogP) is 5.34. The number of hydrogen-bond donors (Lipinski definition) is 1. The van der Waals surface area contributed by atoms with Gasteiger partial charge >= 0.3 is 6.61 Å². The van der Waals surface area contributed by atoms with Gasteiger partial charge in [-0.25, -0.2) is 4.98 Å². The largest absolute Gasteiger partial charge is 0.494 e. The molecule has 3 aromatic rings. The molecule has 1 amide bonds. The number of fused-ring (bicyclic) bond motifs is 1. The Hall–Kier alpha value is -2.94. The van der Waals surface area contributed by atoms with Crippen molar-refractivity contribution in [1.82, 2.24) is 4.98 Å². The molecule has 2 aromatic carbocycles. The van der Waals surface area contributed by atoms with Gasteiger partial charge in [-0.2, -0.15) is 8.78 Å². The lowest BCUT2D eigenvalue weighted by atomic mass is 10.2. The number of amides is 1. The molecule has 9 heteroatoms. The van der Waals surface area contributed by atoms with Crippen molar-refractivity contribution in [3.63, 3.8) is 0 Å². The smallest absolute Gasteiger partial charge is 0.387 e. The van der Waals surface area contributed by atoms with Gasteiger partial charge in [-0.05, 0) is 62.1 Å². The van der Waals surface area contributed by atoms with Crippen LogP contribution in [0.15, 0.2) is 36.4 Å². The Kier molecular flexibility index (Phi) is 5.98. The molecule has 1 aromatic heterocycles. The Balaban J connectivity index is 1.51. The summed E-state index contributed by atoms with van der Waals surface area (Å²) < 4.78 is 41.8. The summed E-state index contributed by atoms with van der Waals surface area (Å²) in [5.41, 5.74) is 1.00. The van der Waals surface area contributed by atoms with Crippen LogP contribution in [0.25, 0.3) is 10.2 Å². The first-order valence-electron chi connectivity index (χ1n) is 9.58. The van der Waals surface area contributed by atoms with Crippen LogP contribution in [0, 0.1) is 5.92 Å². The predicted molar refractivity (Wildman–Crippen MR) is 110 cm³/mol. The average molecular weight is 434 g/mol. The van der Waals surface area contributed by atoms with E-state index < -0.39 is 12.5 Å². The molecule has 1 saturated carbocycles. The highest BCUT2D eigenvalue weighted by Crippen LogP contribution is 2.35. The number of benzene rings is 2. The van der Waals surface area contributed by atoms with E-state index in [0.29, 0.717) is 24.3 Å². The van der Waals surface area contributed by atoms with Crippen molar-refractivity contribution in [2.75, 3.05) is 18.5 Å². The van der Waals surface area contributed by atoms with Gasteiger partial charge in [0.05, 0.1) is 23.4 Å². The van der Waals surface area contributed by atoms with Crippen molar-refractivity contribution >= 4 is 32.6 Å². The number of nitrogens with one attached hydrogen (secondary N) is 1. The molecule has 4 rings (SSSR count). The van der Waals surface area contributed by atoms with Crippen LogP contribution in [0.5, 0.6) is 17.2 Å². The van der Waals surface area contributed by atoms with Crippen molar-refractivity contribution in [3.8, 4) is 17.2 Å². The topological polar surface area (TPSA) is 69.7 Å². The standard InChI is InChI=1S/C21H20F2N2O4S/c1-2-27-14-6-7-15-18(10-14)30-21(24-15)25-19(26)13-5-8-16(29-20(22)23)17(9-13)28-11-12-3-4-12/h5-10,12,20H,2-4,11H2,1H3,(H,24,25,26). The highest BCUT2D eigenvalue weighted by atomic mass is 32.1. The second kappa shape index (κ2) is 8.83. The minimum atomic E-state index is -2.97. The van der Waals surface area contributed by atoms with Gasteiger partial charge in [0, 0.05) is 5.56 Å². The first-order valence-corrected chi connectivity index (χ1v) is 10.4. The molecule has 1 heterocycles. The number of thiazole rings is 1. The number of carbonyl (C=O) groups is 1. The summed E-state index contributed by atoms with van der Waals surface area (Å²) in [6.45, 7) is -0.102. The van der Waals surface area contributed by atoms with Crippen molar-refractivity contribution in [2.24, 2.45) is 5.92 Å². The van der Waals surface area contributed by atoms with Crippen LogP contribution < -0.4 is 19.5 Å². The molecular weight excluding hydrogens is 414 g/mol. The average Bonchev–Trinajstić information content (AvgIpc) is 3.45. The Bertz CT molecular complexity index is 1050. The van der Waals surface area contributed by atoms with E-state index in [2.05, 4.69) is 15.0 Å². The van der Waals surface area contributed by atoms with E-state index in [4.69, 9.17) is 9.47 Å². The van der Waals surface area contributed by atoms with Crippen molar-refractivity contribution in [1.29, 1.82) is 0 Å². The quantitative estimate of drug-likeness (QED) is 0.492. The van der Waals surface area contributed by atoms with E-state index in [1.54, 1.807) is 0 Å². The maximum absolute atomic E-state index is 12.7. The zero-order chi connectivity index (χ0) is 21.1. The van der Waals surface area contributed by atoms with Crippen LogP contribution in [0.4, 0.5) is 13.9 Å². The SMILES string of the molecule is CCOc1ccc2nc(NC(=O)c3ccc(OC(F)F)c(OCC4CC4)c3)sc2c1. The van der Waals surface area contributed by atoms with Gasteiger partial charge < -0.3 is 14.2 Å². The van der Waals surface area contributed by atoms with Crippen LogP contribution in [0.1, 0.15) is 30.1 Å². The number of halogens is 2. The number of hydrogen-bond acceptors (Lipinski definition) is 6. The second-order valence-corrected chi connectivity index (χ2v) is 7.86. The van der Waals surface area contributed by atoms with Gasteiger partial charge in [-0.15, -0.1) is 0 Å². The van der Waals surface area contributed by atoms with E-state index in [1.807, 2.05) is 25.1 Å². The van der Waals surface area contributed by atoms with E-state index in [-0.39, 0.29) is 17.1 Å². The molecule has 1 aliphatic rings. The van der Waals surface area contributed by atoms with Gasteiger partial charge in [0.15, 0.2) is 16.6 Å². The molecule has 0 atom stereocenters. The van der Waals surface area contributed by atoms with E-state index in [1.165, 1.54) is 29.5 Å². The van der Waals surface area contributed by atoms with E-state index in [9.17, 15) is 13.6 Å². The van der Waals surface area contributed by atoms with E-state index >= 15 is 0 Å². The molecular formula is C21H20F2N2O4S. The molecule has 0 unspecified atom stereocenters. The molecule has 1 N–H and O–H groups in total. The molecule has 0 radical (unpaired) electrons. The molecule has 1 fully saturated rings. The molecule has 1 aliphatic carbocycles. The van der Waals surface area contributed by atoms with Gasteiger partial charge in [0.25, 0.3) is 5.91 Å². The summed E-state index contributed by atoms with van der Waals surface area (Å²) >= 11 is 1.32. The molecule has 0 spiro atoms. The number of anilines is 1. The van der Waals surface area contributed by atoms with E-state index in [0.717, 1.165) is 28.8 Å². The molecule has 0 saturated heterocycles. The Labute approximate surface area is 175 Å². The lowest BCUT2D eigenvalue weighted by molar-refractivity contribution is -0.0515. The Morgan fingerprint density at radius 3 is 2.77 bits per heavy atom. The zero-order valence-corrected chi connectivity index (χ0v) is 17.0. The Morgan fingerprint density at radius 2 is 2.03 bits per heavy atom. The van der Waals surface area contributed by atoms with Gasteiger partial charge in [-0.3, -0.25) is 10.1 Å². The number of alkyl halides is 2. The first kappa shape index (κ1) is 20.3. The number of rotatable bonds is 9. The van der Waals surface area contributed by atoms with Gasteiger partial charge in [0.1, 0.15) is 5.75 Å². The third-order valence-corrected chi connectivity index (χ3v) is 5.42. The first-order chi connectivity index (χ1) is 14.5. The molecule has 0 bridgehead atoms. The van der Waals surface area contributed by atoms with Crippen LogP contribution in [0.2, 0.25) is 0 Å². The Morgan fingerprint density at radius 1 is 1.20 bits per heavy atom. The van der Waals surface area contributed by atoms with Gasteiger partial charge in [-0.1, -0.05) is 11.3 Å². The number of ether oxygens (including phenoxy) is 3. The fraction of sp³-hybridized carbons (Fsp3) is 0.333. The summed E-state index contributed by atoms with van der Waals surface area (Å²) in [6.07, 6.45) is 2.10. The van der Waals surface area contributed by atoms with Crippen molar-refractivity contribution in [3.05, 3.63) is 42.0 Å². The highest BCUT2D eigenvalue weighted by molar-refractivity contribution is 7.22. The molecule has 0 aliphatic heterocycles. The minimum Gasteiger partial charge on any atom is -0.494 e. The van der Waals surface area contributed by atoms with Gasteiger partial charge in [0.2, 0.25) is 0 Å². The summed E-state index contributed by atoms with van der Waals surface area (Å²) in [5, 5.41) is 3.17. The van der Waals surface area contributed by atoms with Crippen molar-refractivity contribution < 1.29 is 27.8 Å². The maximum Gasteiger partial charge on any atom is 0.387 e. The third kappa shape index (κ3) is 4.96. The third-order valence-electron chi connectivity index (χ3n) is 4.48. The molecule has 30 heavy (non-hydrogen) atoms. The number of carbonyl (C=O) groups excluding carboxylic acids is 1. The lowest BCUT2D eigenvalue weighted by Gasteiger charge is -2.13. The van der Waals surface area contributed by atoms with Crippen LogP contribution in [-0.4, -0.2) is 30.7 Å². The fourth-order valence-electron chi connectivity index (χ4n) is 2.83. The fourth-order valence-corrected chi connectivity index (χ4v) is 3.72. The zero-order valence-electron chi connectivity index (χ0n) is 16.2. The maximum atomic E-state index is 12.7. The number of aromatic nitrogens is 1. The highest BCUT2D eigenvalue weighted by Gasteiger charge is 2.23. The normalized spacial score (nSPS) is 13.5. The van der Waals surface area contributed by atoms with Crippen LogP contribution in [0.3, 0.4) is 0 Å². The summed E-state index contributed by atoms with van der Waals surface area (Å²) in [6, 6.07) is 9.66. The molecule has 6 nitrogen and oxygen atoms in total. The number of nitrogens with zero attached hydrogens (tertiary/aromatic N) is 1. The second-order valence-electron chi connectivity index (χ2n) is 6.83. The summed E-state index contributed by atoms with van der Waals surface area (Å²) in [7, 11) is 0. The van der Waals surface area contributed by atoms with Crippen LogP contribution >= 0.6 is 11.3 Å². The molecule has 158 valence electrons. The van der Waals surface area contributed by atoms with Crippen LogP contribution in [-0.2, 0) is 0 Å². The lowest BCUT2D eigenvalue weighted by Crippen LogP contribution is -2.13. The summed E-state index contributed by atoms with van der Waals surface area (Å²) in [5.74, 6) is 0.773.